The van der Waals surface area contributed by atoms with Crippen molar-refractivity contribution in [2.75, 3.05) is 18.1 Å². The highest BCUT2D eigenvalue weighted by molar-refractivity contribution is 5.92. The number of ether oxygens (including phenoxy) is 2. The van der Waals surface area contributed by atoms with Gasteiger partial charge in [-0.25, -0.2) is 28.7 Å². The summed E-state index contributed by atoms with van der Waals surface area (Å²) >= 11 is 0. The van der Waals surface area contributed by atoms with E-state index in [0.717, 1.165) is 12.1 Å². The number of nitrogens with two attached hydrogens (primary N) is 2. The fourth-order valence-corrected chi connectivity index (χ4v) is 3.83. The highest BCUT2D eigenvalue weighted by atomic mass is 19.1. The van der Waals surface area contributed by atoms with Crippen LogP contribution >= 0.6 is 0 Å². The van der Waals surface area contributed by atoms with Crippen LogP contribution in [0.25, 0.3) is 22.4 Å². The van der Waals surface area contributed by atoms with Crippen LogP contribution in [0.2, 0.25) is 0 Å². The van der Waals surface area contributed by atoms with Gasteiger partial charge < -0.3 is 20.9 Å². The number of nitrogen functional groups attached to an aromatic ring is 2. The van der Waals surface area contributed by atoms with Gasteiger partial charge in [0.25, 0.3) is 0 Å². The Morgan fingerprint density at radius 2 is 1.70 bits per heavy atom. The van der Waals surface area contributed by atoms with Crippen molar-refractivity contribution in [2.24, 2.45) is 0 Å². The van der Waals surface area contributed by atoms with E-state index in [1.165, 1.54) is 11.0 Å². The van der Waals surface area contributed by atoms with E-state index in [1.54, 1.807) is 37.4 Å². The number of anilines is 2. The monoisotopic (exact) mass is 504 g/mol. The van der Waals surface area contributed by atoms with Gasteiger partial charge in [0.15, 0.2) is 17.5 Å². The van der Waals surface area contributed by atoms with Crippen LogP contribution < -0.4 is 20.9 Å². The van der Waals surface area contributed by atoms with Crippen molar-refractivity contribution < 1.29 is 18.3 Å². The fraction of sp³-hybridized carbons (Fsp3) is 0.160. The largest absolute Gasteiger partial charge is 0.494 e. The third-order valence-corrected chi connectivity index (χ3v) is 5.53. The predicted octanol–water partition coefficient (Wildman–Crippen LogP) is 3.75. The van der Waals surface area contributed by atoms with E-state index in [1.807, 2.05) is 6.07 Å². The van der Waals surface area contributed by atoms with Crippen molar-refractivity contribution in [3.8, 4) is 23.0 Å². The summed E-state index contributed by atoms with van der Waals surface area (Å²) in [5.41, 5.74) is 13.7. The molecule has 4 N–H and O–H groups in total. The average Bonchev–Trinajstić information content (AvgIpc) is 3.25. The summed E-state index contributed by atoms with van der Waals surface area (Å²) < 4.78 is 41.9. The number of halogens is 2. The van der Waals surface area contributed by atoms with Gasteiger partial charge in [0, 0.05) is 29.3 Å². The molecule has 12 heteroatoms. The topological polar surface area (TPSA) is 140 Å². The van der Waals surface area contributed by atoms with Gasteiger partial charge in [0.1, 0.15) is 36.0 Å². The molecular formula is C25H22F2N8O2. The first-order chi connectivity index (χ1) is 17.9. The van der Waals surface area contributed by atoms with E-state index in [-0.39, 0.29) is 47.7 Å². The first kappa shape index (κ1) is 23.9. The summed E-state index contributed by atoms with van der Waals surface area (Å²) in [5, 5.41) is 5.21. The van der Waals surface area contributed by atoms with E-state index < -0.39 is 11.6 Å². The summed E-state index contributed by atoms with van der Waals surface area (Å²) in [5.74, 6) is -1.07. The third-order valence-electron chi connectivity index (χ3n) is 5.53. The number of fused-ring (bicyclic) bond motifs is 1. The molecule has 0 saturated heterocycles. The van der Waals surface area contributed by atoms with Gasteiger partial charge in [-0.05, 0) is 19.1 Å². The molecule has 0 spiro atoms. The van der Waals surface area contributed by atoms with E-state index >= 15 is 0 Å². The van der Waals surface area contributed by atoms with Crippen molar-refractivity contribution >= 4 is 22.5 Å². The number of benzene rings is 2. The van der Waals surface area contributed by atoms with E-state index in [9.17, 15) is 8.78 Å². The van der Waals surface area contributed by atoms with Crippen LogP contribution in [0.4, 0.5) is 20.4 Å². The Morgan fingerprint density at radius 3 is 2.38 bits per heavy atom. The summed E-state index contributed by atoms with van der Waals surface area (Å²) in [4.78, 5) is 16.6. The standard InChI is InChI=1S/C25H22F2N8O2/c1-2-36-15-9-18(26)17(19(27)10-15)11-35-20-6-4-3-5-16(20)21(34-35)25-32-23(28)22(24(29)33-25)37-12-14-7-8-30-13-31-14/h3-10,13H,2,11-12H2,1H3,(H4,28,29,32,33). The zero-order chi connectivity index (χ0) is 25.9. The first-order valence-corrected chi connectivity index (χ1v) is 11.3. The van der Waals surface area contributed by atoms with Crippen LogP contribution in [0.3, 0.4) is 0 Å². The molecule has 0 saturated carbocycles. The minimum Gasteiger partial charge on any atom is -0.494 e. The second-order valence-electron chi connectivity index (χ2n) is 7.96. The Hall–Kier alpha value is -4.87. The molecule has 0 aliphatic carbocycles. The van der Waals surface area contributed by atoms with Gasteiger partial charge in [0.05, 0.1) is 24.4 Å². The van der Waals surface area contributed by atoms with Crippen molar-refractivity contribution in [3.05, 3.63) is 77.9 Å². The lowest BCUT2D eigenvalue weighted by Gasteiger charge is -2.11. The van der Waals surface area contributed by atoms with Gasteiger partial charge in [-0.1, -0.05) is 18.2 Å². The molecule has 0 aliphatic heterocycles. The molecule has 10 nitrogen and oxygen atoms in total. The molecule has 0 unspecified atom stereocenters. The van der Waals surface area contributed by atoms with Gasteiger partial charge in [-0.2, -0.15) is 5.10 Å². The SMILES string of the molecule is CCOc1cc(F)c(Cn2nc(-c3nc(N)c(OCc4ccncn4)c(N)n3)c3ccccc32)c(F)c1. The van der Waals surface area contributed by atoms with Crippen molar-refractivity contribution in [3.63, 3.8) is 0 Å². The number of nitrogens with zero attached hydrogens (tertiary/aromatic N) is 6. The summed E-state index contributed by atoms with van der Waals surface area (Å²) in [6, 6.07) is 11.2. The lowest BCUT2D eigenvalue weighted by Crippen LogP contribution is -2.09. The zero-order valence-corrected chi connectivity index (χ0v) is 19.7. The minimum atomic E-state index is -0.737. The van der Waals surface area contributed by atoms with Crippen LogP contribution in [-0.4, -0.2) is 36.3 Å². The van der Waals surface area contributed by atoms with Crippen LogP contribution in [0.5, 0.6) is 11.5 Å². The number of rotatable bonds is 8. The number of para-hydroxylation sites is 1. The molecule has 0 fully saturated rings. The van der Waals surface area contributed by atoms with E-state index in [2.05, 4.69) is 25.0 Å². The molecular weight excluding hydrogens is 482 g/mol. The van der Waals surface area contributed by atoms with E-state index in [0.29, 0.717) is 28.9 Å². The van der Waals surface area contributed by atoms with Crippen LogP contribution in [0.1, 0.15) is 18.2 Å². The Bertz CT molecular complexity index is 1530. The fourth-order valence-electron chi connectivity index (χ4n) is 3.83. The molecule has 5 rings (SSSR count). The maximum absolute atomic E-state index is 14.8. The highest BCUT2D eigenvalue weighted by Gasteiger charge is 2.21. The second kappa shape index (κ2) is 10.0. The van der Waals surface area contributed by atoms with Crippen LogP contribution in [0.15, 0.2) is 55.0 Å². The molecule has 0 atom stereocenters. The molecule has 0 amide bonds. The first-order valence-electron chi connectivity index (χ1n) is 11.3. The maximum atomic E-state index is 14.8. The van der Waals surface area contributed by atoms with Gasteiger partial charge >= 0.3 is 0 Å². The van der Waals surface area contributed by atoms with Crippen molar-refractivity contribution in [1.82, 2.24) is 29.7 Å². The van der Waals surface area contributed by atoms with E-state index in [4.69, 9.17) is 20.9 Å². The molecule has 188 valence electrons. The Kier molecular flexibility index (Phi) is 6.45. The smallest absolute Gasteiger partial charge is 0.204 e. The maximum Gasteiger partial charge on any atom is 0.204 e. The van der Waals surface area contributed by atoms with Gasteiger partial charge in [-0.15, -0.1) is 0 Å². The summed E-state index contributed by atoms with van der Waals surface area (Å²) in [6.07, 6.45) is 2.99. The third kappa shape index (κ3) is 4.81. The molecule has 0 aliphatic rings. The van der Waals surface area contributed by atoms with Crippen molar-refractivity contribution in [2.45, 2.75) is 20.1 Å². The molecule has 0 radical (unpaired) electrons. The van der Waals surface area contributed by atoms with Gasteiger partial charge in [0.2, 0.25) is 5.75 Å². The average molecular weight is 505 g/mol. The molecule has 5 aromatic rings. The molecule has 3 heterocycles. The van der Waals surface area contributed by atoms with Gasteiger partial charge in [-0.3, -0.25) is 4.68 Å². The van der Waals surface area contributed by atoms with Crippen LogP contribution in [0, 0.1) is 11.6 Å². The minimum absolute atomic E-state index is 0.0128. The lowest BCUT2D eigenvalue weighted by molar-refractivity contribution is 0.302. The predicted molar refractivity (Wildman–Crippen MR) is 133 cm³/mol. The molecule has 3 aromatic heterocycles. The number of hydrogen-bond acceptors (Lipinski definition) is 9. The normalized spacial score (nSPS) is 11.1. The molecule has 2 aromatic carbocycles. The Balaban J connectivity index is 1.50. The van der Waals surface area contributed by atoms with Crippen LogP contribution in [-0.2, 0) is 13.2 Å². The molecule has 0 bridgehead atoms. The zero-order valence-electron chi connectivity index (χ0n) is 19.7. The summed E-state index contributed by atoms with van der Waals surface area (Å²) in [6.45, 7) is 1.95. The quantitative estimate of drug-likeness (QED) is 0.323. The highest BCUT2D eigenvalue weighted by Crippen LogP contribution is 2.33. The van der Waals surface area contributed by atoms with Crippen molar-refractivity contribution in [1.29, 1.82) is 0 Å². The lowest BCUT2D eigenvalue weighted by atomic mass is 10.1. The number of hydrogen-bond donors (Lipinski definition) is 2. The Morgan fingerprint density at radius 1 is 0.973 bits per heavy atom. The summed E-state index contributed by atoms with van der Waals surface area (Å²) in [7, 11) is 0. The molecule has 37 heavy (non-hydrogen) atoms. The Labute approximate surface area is 209 Å². The second-order valence-corrected chi connectivity index (χ2v) is 7.96. The number of aromatic nitrogens is 6.